The highest BCUT2D eigenvalue weighted by Gasteiger charge is 2.33. The third-order valence-electron chi connectivity index (χ3n) is 4.45. The van der Waals surface area contributed by atoms with Crippen LogP contribution >= 0.6 is 0 Å². The largest absolute Gasteiger partial charge is 0.481 e. The van der Waals surface area contributed by atoms with E-state index in [0.29, 0.717) is 18.9 Å². The zero-order chi connectivity index (χ0) is 14.5. The predicted octanol–water partition coefficient (Wildman–Crippen LogP) is 1.11. The summed E-state index contributed by atoms with van der Waals surface area (Å²) in [4.78, 5) is 27.1. The highest BCUT2D eigenvalue weighted by Crippen LogP contribution is 2.24. The van der Waals surface area contributed by atoms with Crippen LogP contribution < -0.4 is 5.73 Å². The van der Waals surface area contributed by atoms with Crippen molar-refractivity contribution in [1.82, 2.24) is 9.80 Å². The molecule has 2 fully saturated rings. The van der Waals surface area contributed by atoms with Gasteiger partial charge in [0.25, 0.3) is 0 Å². The summed E-state index contributed by atoms with van der Waals surface area (Å²) in [5, 5.41) is 8.82. The smallest absolute Gasteiger partial charge is 0.320 e. The van der Waals surface area contributed by atoms with Crippen LogP contribution in [0.5, 0.6) is 0 Å². The van der Waals surface area contributed by atoms with E-state index in [9.17, 15) is 9.59 Å². The molecule has 114 valence electrons. The number of hydrogen-bond acceptors (Lipinski definition) is 3. The highest BCUT2D eigenvalue weighted by molar-refractivity contribution is 5.75. The molecule has 0 aromatic carbocycles. The molecule has 0 bridgehead atoms. The lowest BCUT2D eigenvalue weighted by molar-refractivity contribution is -0.137. The summed E-state index contributed by atoms with van der Waals surface area (Å²) >= 11 is 0. The number of nitrogens with two attached hydrogens (primary N) is 1. The molecule has 2 aliphatic rings. The summed E-state index contributed by atoms with van der Waals surface area (Å²) in [6.07, 6.45) is 4.71. The number of amides is 2. The van der Waals surface area contributed by atoms with Gasteiger partial charge in [0.15, 0.2) is 0 Å². The Morgan fingerprint density at radius 2 is 2.00 bits per heavy atom. The topological polar surface area (TPSA) is 86.9 Å². The maximum absolute atomic E-state index is 12.6. The fraction of sp³-hybridized carbons (Fsp3) is 0.857. The van der Waals surface area contributed by atoms with Gasteiger partial charge in [0, 0.05) is 32.1 Å². The Balaban J connectivity index is 1.93. The third-order valence-corrected chi connectivity index (χ3v) is 4.45. The van der Waals surface area contributed by atoms with Crippen molar-refractivity contribution in [3.05, 3.63) is 0 Å². The Morgan fingerprint density at radius 3 is 2.65 bits per heavy atom. The van der Waals surface area contributed by atoms with Crippen molar-refractivity contribution in [2.24, 2.45) is 11.7 Å². The summed E-state index contributed by atoms with van der Waals surface area (Å²) in [6.45, 7) is 2.92. The monoisotopic (exact) mass is 283 g/mol. The molecule has 6 nitrogen and oxygen atoms in total. The number of carbonyl (C=O) groups excluding carboxylic acids is 1. The number of carboxylic acids is 1. The molecule has 2 rings (SSSR count). The molecule has 0 radical (unpaired) electrons. The first-order valence-electron chi connectivity index (χ1n) is 7.59. The van der Waals surface area contributed by atoms with Gasteiger partial charge in [-0.05, 0) is 44.6 Å². The van der Waals surface area contributed by atoms with Gasteiger partial charge in [-0.15, -0.1) is 0 Å². The number of aliphatic carboxylic acids is 1. The molecule has 3 N–H and O–H groups in total. The highest BCUT2D eigenvalue weighted by atomic mass is 16.4. The average molecular weight is 283 g/mol. The van der Waals surface area contributed by atoms with Gasteiger partial charge in [-0.25, -0.2) is 4.79 Å². The number of rotatable bonds is 4. The van der Waals surface area contributed by atoms with E-state index in [1.165, 1.54) is 0 Å². The summed E-state index contributed by atoms with van der Waals surface area (Å²) in [7, 11) is 0. The van der Waals surface area contributed by atoms with E-state index in [4.69, 9.17) is 10.8 Å². The molecule has 2 heterocycles. The summed E-state index contributed by atoms with van der Waals surface area (Å²) in [5.41, 5.74) is 5.67. The van der Waals surface area contributed by atoms with E-state index in [1.54, 1.807) is 0 Å². The van der Waals surface area contributed by atoms with Crippen LogP contribution in [0.1, 0.15) is 38.5 Å². The fourth-order valence-corrected chi connectivity index (χ4v) is 3.22. The zero-order valence-electron chi connectivity index (χ0n) is 12.0. The van der Waals surface area contributed by atoms with Gasteiger partial charge in [0.2, 0.25) is 0 Å². The van der Waals surface area contributed by atoms with E-state index in [0.717, 1.165) is 45.3 Å². The van der Waals surface area contributed by atoms with Crippen LogP contribution in [0.3, 0.4) is 0 Å². The molecular formula is C14H25N3O3. The second-order valence-corrected chi connectivity index (χ2v) is 5.89. The normalized spacial score (nSPS) is 26.9. The maximum atomic E-state index is 12.6. The quantitative estimate of drug-likeness (QED) is 0.809. The second kappa shape index (κ2) is 6.92. The van der Waals surface area contributed by atoms with Crippen LogP contribution in [-0.4, -0.2) is 59.1 Å². The first-order valence-corrected chi connectivity index (χ1v) is 7.59. The standard InChI is InChI=1S/C14H25N3O3/c15-9-11-6-8-16(10-11)14(20)17-7-2-1-3-12(17)4-5-13(18)19/h11-12H,1-10,15H2,(H,18,19). The molecular weight excluding hydrogens is 258 g/mol. The lowest BCUT2D eigenvalue weighted by Crippen LogP contribution is -2.50. The third kappa shape index (κ3) is 3.62. The van der Waals surface area contributed by atoms with Crippen LogP contribution in [0.2, 0.25) is 0 Å². The first kappa shape index (κ1) is 15.1. The molecule has 2 aliphatic heterocycles. The van der Waals surface area contributed by atoms with Crippen molar-refractivity contribution in [1.29, 1.82) is 0 Å². The number of carbonyl (C=O) groups is 2. The molecule has 0 saturated carbocycles. The number of hydrogen-bond donors (Lipinski definition) is 2. The summed E-state index contributed by atoms with van der Waals surface area (Å²) < 4.78 is 0. The number of urea groups is 1. The Bertz CT molecular complexity index is 362. The summed E-state index contributed by atoms with van der Waals surface area (Å²) in [5.74, 6) is -0.367. The molecule has 20 heavy (non-hydrogen) atoms. The first-order chi connectivity index (χ1) is 9.61. The molecule has 0 aliphatic carbocycles. The lowest BCUT2D eigenvalue weighted by atomic mass is 9.98. The van der Waals surface area contributed by atoms with Gasteiger partial charge in [-0.1, -0.05) is 0 Å². The van der Waals surface area contributed by atoms with Gasteiger partial charge >= 0.3 is 12.0 Å². The van der Waals surface area contributed by atoms with Crippen molar-refractivity contribution >= 4 is 12.0 Å². The van der Waals surface area contributed by atoms with Crippen molar-refractivity contribution in [2.45, 2.75) is 44.6 Å². The van der Waals surface area contributed by atoms with Crippen LogP contribution in [0.4, 0.5) is 4.79 Å². The van der Waals surface area contributed by atoms with E-state index >= 15 is 0 Å². The molecule has 0 aromatic rings. The molecule has 2 saturated heterocycles. The predicted molar refractivity (Wildman–Crippen MR) is 75.3 cm³/mol. The van der Waals surface area contributed by atoms with Gasteiger partial charge in [-0.3, -0.25) is 4.79 Å². The molecule has 6 heteroatoms. The second-order valence-electron chi connectivity index (χ2n) is 5.89. The molecule has 2 amide bonds. The molecule has 2 unspecified atom stereocenters. The van der Waals surface area contributed by atoms with E-state index in [-0.39, 0.29) is 18.5 Å². The van der Waals surface area contributed by atoms with Gasteiger partial charge in [-0.2, -0.15) is 0 Å². The van der Waals surface area contributed by atoms with Crippen molar-refractivity contribution in [2.75, 3.05) is 26.2 Å². The number of piperidine rings is 1. The minimum absolute atomic E-state index is 0.0797. The van der Waals surface area contributed by atoms with Gasteiger partial charge < -0.3 is 20.6 Å². The number of nitrogens with zero attached hydrogens (tertiary/aromatic N) is 2. The van der Waals surface area contributed by atoms with Crippen molar-refractivity contribution in [3.8, 4) is 0 Å². The number of carboxylic acid groups (broad SMARTS) is 1. The Hall–Kier alpha value is -1.30. The molecule has 0 aromatic heterocycles. The minimum atomic E-state index is -0.785. The minimum Gasteiger partial charge on any atom is -0.481 e. The van der Waals surface area contributed by atoms with E-state index in [2.05, 4.69) is 0 Å². The SMILES string of the molecule is NCC1CCN(C(=O)N2CCCCC2CCC(=O)O)C1. The van der Waals surface area contributed by atoms with Crippen LogP contribution in [0.15, 0.2) is 0 Å². The van der Waals surface area contributed by atoms with Crippen molar-refractivity contribution in [3.63, 3.8) is 0 Å². The molecule has 2 atom stereocenters. The Kier molecular flexibility index (Phi) is 5.23. The van der Waals surface area contributed by atoms with Crippen LogP contribution in [0.25, 0.3) is 0 Å². The maximum Gasteiger partial charge on any atom is 0.320 e. The molecule has 0 spiro atoms. The van der Waals surface area contributed by atoms with E-state index < -0.39 is 5.97 Å². The number of likely N-dealkylation sites (tertiary alicyclic amines) is 2. The zero-order valence-corrected chi connectivity index (χ0v) is 12.0. The van der Waals surface area contributed by atoms with Gasteiger partial charge in [0.1, 0.15) is 0 Å². The summed E-state index contributed by atoms with van der Waals surface area (Å²) in [6, 6.07) is 0.167. The average Bonchev–Trinajstić information content (AvgIpc) is 2.93. The van der Waals surface area contributed by atoms with Gasteiger partial charge in [0.05, 0.1) is 0 Å². The Morgan fingerprint density at radius 1 is 1.20 bits per heavy atom. The fourth-order valence-electron chi connectivity index (χ4n) is 3.22. The van der Waals surface area contributed by atoms with Crippen LogP contribution in [0, 0.1) is 5.92 Å². The van der Waals surface area contributed by atoms with E-state index in [1.807, 2.05) is 9.80 Å². The lowest BCUT2D eigenvalue weighted by Gasteiger charge is -2.38. The Labute approximate surface area is 119 Å². The van der Waals surface area contributed by atoms with Crippen molar-refractivity contribution < 1.29 is 14.7 Å². The van der Waals surface area contributed by atoms with Crippen LogP contribution in [-0.2, 0) is 4.79 Å².